The van der Waals surface area contributed by atoms with Gasteiger partial charge in [-0.25, -0.2) is 0 Å². The summed E-state index contributed by atoms with van der Waals surface area (Å²) >= 11 is 0. The van der Waals surface area contributed by atoms with Crippen LogP contribution in [0.15, 0.2) is 0 Å². The Labute approximate surface area is 249 Å². The monoisotopic (exact) mass is 610 g/mol. The van der Waals surface area contributed by atoms with Gasteiger partial charge in [-0.05, 0) is 22.7 Å². The van der Waals surface area contributed by atoms with Crippen LogP contribution in [0.1, 0.15) is 144 Å². The van der Waals surface area contributed by atoms with Crippen molar-refractivity contribution in [2.45, 2.75) is 179 Å². The molecule has 0 saturated carbocycles. The van der Waals surface area contributed by atoms with Crippen LogP contribution < -0.4 is 0 Å². The average molecular weight is 611 g/mol. The number of ether oxygens (including phenoxy) is 2. The first-order chi connectivity index (χ1) is 18.2. The summed E-state index contributed by atoms with van der Waals surface area (Å²) in [4.78, 5) is 0. The van der Waals surface area contributed by atoms with Gasteiger partial charge in [0.05, 0.1) is 27.7 Å². The smallest absolute Gasteiger partial charge is 0.0987 e. The normalized spacial score (nSPS) is 13.6. The molecule has 0 bridgehead atoms. The molecule has 7 heteroatoms. The van der Waals surface area contributed by atoms with Crippen LogP contribution in [-0.4, -0.2) is 40.9 Å². The molecular formula is C30H66O2S3Si2. The third kappa shape index (κ3) is 22.7. The highest BCUT2D eigenvalue weighted by Crippen LogP contribution is 2.44. The van der Waals surface area contributed by atoms with Crippen molar-refractivity contribution < 1.29 is 9.47 Å². The molecule has 0 spiro atoms. The first kappa shape index (κ1) is 38.4. The Morgan fingerprint density at radius 3 is 1.00 bits per heavy atom. The Hall–Kier alpha value is 1.40. The van der Waals surface area contributed by atoms with E-state index in [4.69, 9.17) is 9.47 Å². The molecule has 0 aromatic heterocycles. The summed E-state index contributed by atoms with van der Waals surface area (Å²) < 4.78 is 13.3. The van der Waals surface area contributed by atoms with Gasteiger partial charge in [0.2, 0.25) is 0 Å². The van der Waals surface area contributed by atoms with E-state index in [-0.39, 0.29) is 0 Å². The minimum absolute atomic E-state index is 0.467. The van der Waals surface area contributed by atoms with Crippen molar-refractivity contribution in [3.05, 3.63) is 0 Å². The second kappa shape index (κ2) is 30.4. The van der Waals surface area contributed by atoms with E-state index in [0.29, 0.717) is 10.1 Å². The molecule has 0 aromatic carbocycles. The predicted molar refractivity (Wildman–Crippen MR) is 184 cm³/mol. The molecule has 0 amide bonds. The fourth-order valence-electron chi connectivity index (χ4n) is 4.73. The molecule has 0 aliphatic carbocycles. The molecule has 0 heterocycles. The van der Waals surface area contributed by atoms with Crippen molar-refractivity contribution in [2.75, 3.05) is 13.2 Å². The summed E-state index contributed by atoms with van der Waals surface area (Å²) in [6.07, 6.45) is 21.4. The van der Waals surface area contributed by atoms with Gasteiger partial charge in [0, 0.05) is 13.2 Å². The highest BCUT2D eigenvalue weighted by molar-refractivity contribution is 9.09. The van der Waals surface area contributed by atoms with Crippen LogP contribution in [0.3, 0.4) is 0 Å². The standard InChI is InChI=1S/C30H66O2S3Si2/c1-7-13-19-25-36(26-20-14-8-2)29(31-23-17-11-5)33-35-34-30(32-24-18-12-6)37(27-21-15-9-3)28-22-16-10-4/h29-30,36-37H,7-28H2,1-6H3. The number of hydrogen-bond acceptors (Lipinski definition) is 5. The summed E-state index contributed by atoms with van der Waals surface area (Å²) in [6, 6.07) is 5.87. The van der Waals surface area contributed by atoms with E-state index >= 15 is 0 Å². The van der Waals surface area contributed by atoms with Crippen LogP contribution in [-0.2, 0) is 9.47 Å². The lowest BCUT2D eigenvalue weighted by Crippen LogP contribution is -2.31. The van der Waals surface area contributed by atoms with E-state index in [0.717, 1.165) is 13.2 Å². The highest BCUT2D eigenvalue weighted by atomic mass is 33.5. The SMILES string of the molecule is CCCCC[SiH](CCCCC)C(OCCCC)SSSC(OCCCC)[SiH](CCCCC)CCCCC. The van der Waals surface area contributed by atoms with Crippen molar-refractivity contribution in [3.8, 4) is 0 Å². The topological polar surface area (TPSA) is 18.5 Å². The molecule has 0 aliphatic rings. The van der Waals surface area contributed by atoms with Crippen LogP contribution in [0, 0.1) is 0 Å². The molecule has 37 heavy (non-hydrogen) atoms. The van der Waals surface area contributed by atoms with Gasteiger partial charge in [-0.1, -0.05) is 177 Å². The van der Waals surface area contributed by atoms with Crippen molar-refractivity contribution in [1.29, 1.82) is 0 Å². The van der Waals surface area contributed by atoms with Crippen LogP contribution in [0.4, 0.5) is 0 Å². The van der Waals surface area contributed by atoms with Gasteiger partial charge in [-0.15, -0.1) is 0 Å². The van der Waals surface area contributed by atoms with E-state index in [1.807, 2.05) is 0 Å². The third-order valence-electron chi connectivity index (χ3n) is 7.31. The van der Waals surface area contributed by atoms with E-state index < -0.39 is 17.6 Å². The molecular weight excluding hydrogens is 545 g/mol. The third-order valence-corrected chi connectivity index (χ3v) is 22.0. The lowest BCUT2D eigenvalue weighted by molar-refractivity contribution is 0.150. The minimum Gasteiger partial charge on any atom is -0.371 e. The van der Waals surface area contributed by atoms with E-state index in [2.05, 4.69) is 73.0 Å². The molecule has 2 atom stereocenters. The molecule has 0 fully saturated rings. The zero-order valence-corrected chi connectivity index (χ0v) is 30.7. The zero-order valence-electron chi connectivity index (χ0n) is 25.9. The Morgan fingerprint density at radius 2 is 0.730 bits per heavy atom. The minimum atomic E-state index is -0.938. The molecule has 0 aromatic rings. The first-order valence-corrected chi connectivity index (χ1v) is 24.6. The molecule has 0 saturated heterocycles. The highest BCUT2D eigenvalue weighted by Gasteiger charge is 2.28. The zero-order chi connectivity index (χ0) is 27.4. The Bertz CT molecular complexity index is 391. The molecule has 2 nitrogen and oxygen atoms in total. The Balaban J connectivity index is 5.28. The van der Waals surface area contributed by atoms with Crippen molar-refractivity contribution in [1.82, 2.24) is 0 Å². The molecule has 0 rings (SSSR count). The summed E-state index contributed by atoms with van der Waals surface area (Å²) in [6.45, 7) is 15.8. The fraction of sp³-hybridized carbons (Fsp3) is 1.00. The summed E-state index contributed by atoms with van der Waals surface area (Å²) in [5.41, 5.74) is 0. The lowest BCUT2D eigenvalue weighted by Gasteiger charge is -2.28. The van der Waals surface area contributed by atoms with Gasteiger partial charge in [0.1, 0.15) is 0 Å². The largest absolute Gasteiger partial charge is 0.371 e. The number of hydrogen-bond donors (Lipinski definition) is 0. The lowest BCUT2D eigenvalue weighted by atomic mass is 10.3. The van der Waals surface area contributed by atoms with Crippen LogP contribution in [0.2, 0.25) is 24.2 Å². The van der Waals surface area contributed by atoms with Crippen LogP contribution in [0.5, 0.6) is 0 Å². The van der Waals surface area contributed by atoms with E-state index in [9.17, 15) is 0 Å². The van der Waals surface area contributed by atoms with Gasteiger partial charge in [0.25, 0.3) is 0 Å². The summed E-state index contributed by atoms with van der Waals surface area (Å²) in [5, 5.41) is 0.934. The van der Waals surface area contributed by atoms with Crippen molar-refractivity contribution in [3.63, 3.8) is 0 Å². The number of unbranched alkanes of at least 4 members (excludes halogenated alkanes) is 10. The van der Waals surface area contributed by atoms with Gasteiger partial charge in [-0.3, -0.25) is 0 Å². The van der Waals surface area contributed by atoms with Crippen molar-refractivity contribution in [2.24, 2.45) is 0 Å². The second-order valence-corrected chi connectivity index (χ2v) is 22.7. The molecule has 2 unspecified atom stereocenters. The molecule has 0 N–H and O–H groups in total. The average Bonchev–Trinajstić information content (AvgIpc) is 2.90. The van der Waals surface area contributed by atoms with Crippen LogP contribution in [0.25, 0.3) is 0 Å². The predicted octanol–water partition coefficient (Wildman–Crippen LogP) is 11.6. The van der Waals surface area contributed by atoms with Crippen molar-refractivity contribution >= 4 is 49.0 Å². The maximum absolute atomic E-state index is 6.67. The first-order valence-electron chi connectivity index (χ1n) is 16.4. The van der Waals surface area contributed by atoms with Gasteiger partial charge < -0.3 is 9.47 Å². The molecule has 0 aliphatic heterocycles. The number of rotatable bonds is 30. The summed E-state index contributed by atoms with van der Waals surface area (Å²) in [5.74, 6) is 0. The van der Waals surface area contributed by atoms with Gasteiger partial charge >= 0.3 is 0 Å². The Kier molecular flexibility index (Phi) is 31.5. The van der Waals surface area contributed by atoms with Crippen LogP contribution >= 0.6 is 31.4 Å². The van der Waals surface area contributed by atoms with Gasteiger partial charge in [-0.2, -0.15) is 0 Å². The maximum atomic E-state index is 6.67. The molecule has 224 valence electrons. The second-order valence-electron chi connectivity index (χ2n) is 10.9. The van der Waals surface area contributed by atoms with E-state index in [1.54, 1.807) is 0 Å². The maximum Gasteiger partial charge on any atom is 0.0987 e. The van der Waals surface area contributed by atoms with E-state index in [1.165, 1.54) is 127 Å². The van der Waals surface area contributed by atoms with Gasteiger partial charge in [0.15, 0.2) is 0 Å². The summed E-state index contributed by atoms with van der Waals surface area (Å²) in [7, 11) is 4.37. The molecule has 0 radical (unpaired) electrons. The quantitative estimate of drug-likeness (QED) is 0.0347. The Morgan fingerprint density at radius 1 is 0.432 bits per heavy atom. The fourth-order valence-corrected chi connectivity index (χ4v) is 21.9.